The number of nitrogens with one attached hydrogen (secondary N) is 1. The number of carbonyl (C=O) groups is 1. The third-order valence-corrected chi connectivity index (χ3v) is 4.87. The highest BCUT2D eigenvalue weighted by molar-refractivity contribution is 6.31. The molecule has 1 aromatic heterocycles. The first-order valence-corrected chi connectivity index (χ1v) is 8.94. The fraction of sp³-hybridized carbons (Fsp3) is 0.143. The van der Waals surface area contributed by atoms with Gasteiger partial charge >= 0.3 is 6.16 Å². The summed E-state index contributed by atoms with van der Waals surface area (Å²) in [5, 5.41) is 0.519. The fourth-order valence-corrected chi connectivity index (χ4v) is 3.60. The minimum absolute atomic E-state index is 0.196. The summed E-state index contributed by atoms with van der Waals surface area (Å²) in [6.45, 7) is 2.07. The van der Waals surface area contributed by atoms with Crippen LogP contribution in [0.5, 0.6) is 5.88 Å². The number of hydrogen-bond donors (Lipinski definition) is 1. The van der Waals surface area contributed by atoms with Gasteiger partial charge in [-0.25, -0.2) is 9.18 Å². The van der Waals surface area contributed by atoms with Crippen LogP contribution in [-0.2, 0) is 11.3 Å². The molecule has 0 fully saturated rings. The first-order valence-electron chi connectivity index (χ1n) is 8.56. The molecule has 4 rings (SSSR count). The van der Waals surface area contributed by atoms with Gasteiger partial charge in [0.1, 0.15) is 5.82 Å². The molecular weight excluding hydrogens is 383 g/mol. The van der Waals surface area contributed by atoms with Gasteiger partial charge in [-0.2, -0.15) is 0 Å². The number of aromatic amines is 1. The van der Waals surface area contributed by atoms with Crippen LogP contribution in [0.15, 0.2) is 47.5 Å². The highest BCUT2D eigenvalue weighted by Crippen LogP contribution is 2.40. The van der Waals surface area contributed by atoms with Gasteiger partial charge in [-0.3, -0.25) is 4.99 Å². The standard InChI is InChI=1S/C21H16ClFN2O3/c1-11-18-13-8-7-12(22)9-15(13)19(14-5-3-4-6-17(14)23)24-10-16(18)20(25-11)28-21(26)27-2/h3-9,25H,10H2,1-2H3. The molecule has 0 atom stereocenters. The minimum Gasteiger partial charge on any atom is -0.437 e. The number of rotatable bonds is 2. The molecule has 142 valence electrons. The molecule has 0 amide bonds. The maximum atomic E-state index is 14.5. The topological polar surface area (TPSA) is 63.7 Å². The van der Waals surface area contributed by atoms with Crippen LogP contribution in [0.3, 0.4) is 0 Å². The number of H-pyrrole nitrogens is 1. The number of aryl methyl sites for hydroxylation is 1. The van der Waals surface area contributed by atoms with Crippen LogP contribution in [0, 0.1) is 12.7 Å². The van der Waals surface area contributed by atoms with E-state index in [4.69, 9.17) is 16.3 Å². The molecule has 5 nitrogen and oxygen atoms in total. The lowest BCUT2D eigenvalue weighted by atomic mass is 9.92. The van der Waals surface area contributed by atoms with Crippen LogP contribution in [0.1, 0.15) is 22.4 Å². The average molecular weight is 399 g/mol. The Balaban J connectivity index is 1.96. The van der Waals surface area contributed by atoms with E-state index in [0.717, 1.165) is 16.8 Å². The van der Waals surface area contributed by atoms with Gasteiger partial charge in [-0.05, 0) is 36.8 Å². The Bertz CT molecular complexity index is 1120. The number of aliphatic imine (C=N–C) groups is 1. The van der Waals surface area contributed by atoms with Crippen LogP contribution in [-0.4, -0.2) is 24.0 Å². The molecule has 0 aliphatic carbocycles. The zero-order chi connectivity index (χ0) is 19.8. The lowest BCUT2D eigenvalue weighted by molar-refractivity contribution is 0.119. The molecule has 0 unspecified atom stereocenters. The summed E-state index contributed by atoms with van der Waals surface area (Å²) in [5.41, 5.74) is 4.75. The largest absolute Gasteiger partial charge is 0.514 e. The zero-order valence-electron chi connectivity index (χ0n) is 15.2. The van der Waals surface area contributed by atoms with Crippen molar-refractivity contribution in [2.24, 2.45) is 4.99 Å². The number of fused-ring (bicyclic) bond motifs is 3. The highest BCUT2D eigenvalue weighted by atomic mass is 35.5. The molecule has 0 saturated heterocycles. The molecule has 0 saturated carbocycles. The number of ether oxygens (including phenoxy) is 2. The van der Waals surface area contributed by atoms with Gasteiger partial charge in [0.15, 0.2) is 0 Å². The predicted molar refractivity (Wildman–Crippen MR) is 105 cm³/mol. The summed E-state index contributed by atoms with van der Waals surface area (Å²) >= 11 is 6.24. The summed E-state index contributed by atoms with van der Waals surface area (Å²) < 4.78 is 24.4. The SMILES string of the molecule is COC(=O)Oc1[nH]c(C)c2c1CN=C(c1ccccc1F)c1cc(Cl)ccc1-2. The van der Waals surface area contributed by atoms with Crippen molar-refractivity contribution in [2.45, 2.75) is 13.5 Å². The van der Waals surface area contributed by atoms with E-state index in [2.05, 4.69) is 14.7 Å². The molecule has 0 spiro atoms. The number of benzene rings is 2. The molecule has 1 aliphatic heterocycles. The van der Waals surface area contributed by atoms with Crippen molar-refractivity contribution in [1.29, 1.82) is 0 Å². The normalized spacial score (nSPS) is 12.5. The van der Waals surface area contributed by atoms with Crippen molar-refractivity contribution in [3.05, 3.63) is 75.7 Å². The molecule has 2 heterocycles. The number of aromatic nitrogens is 1. The first-order chi connectivity index (χ1) is 13.5. The summed E-state index contributed by atoms with van der Waals surface area (Å²) in [6, 6.07) is 11.9. The van der Waals surface area contributed by atoms with E-state index in [1.54, 1.807) is 30.3 Å². The van der Waals surface area contributed by atoms with Crippen molar-refractivity contribution in [3.8, 4) is 17.0 Å². The van der Waals surface area contributed by atoms with E-state index in [0.29, 0.717) is 27.4 Å². The van der Waals surface area contributed by atoms with Gasteiger partial charge in [0.05, 0.1) is 19.4 Å². The lowest BCUT2D eigenvalue weighted by Crippen LogP contribution is -2.09. The Labute approximate surface area is 165 Å². The Morgan fingerprint density at radius 2 is 1.96 bits per heavy atom. The van der Waals surface area contributed by atoms with Crippen LogP contribution < -0.4 is 4.74 Å². The van der Waals surface area contributed by atoms with E-state index in [9.17, 15) is 9.18 Å². The molecule has 2 aromatic carbocycles. The van der Waals surface area contributed by atoms with Crippen molar-refractivity contribution >= 4 is 23.5 Å². The van der Waals surface area contributed by atoms with Crippen molar-refractivity contribution < 1.29 is 18.7 Å². The first kappa shape index (κ1) is 18.3. The molecule has 7 heteroatoms. The minimum atomic E-state index is -0.831. The second-order valence-corrected chi connectivity index (χ2v) is 6.76. The van der Waals surface area contributed by atoms with Gasteiger partial charge in [-0.1, -0.05) is 29.8 Å². The van der Waals surface area contributed by atoms with Crippen LogP contribution in [0.25, 0.3) is 11.1 Å². The number of nitrogens with zero attached hydrogens (tertiary/aromatic N) is 1. The number of methoxy groups -OCH3 is 1. The van der Waals surface area contributed by atoms with Gasteiger partial charge in [0, 0.05) is 33.0 Å². The maximum Gasteiger partial charge on any atom is 0.514 e. The van der Waals surface area contributed by atoms with Crippen molar-refractivity contribution in [1.82, 2.24) is 4.98 Å². The molecule has 0 bridgehead atoms. The maximum absolute atomic E-state index is 14.5. The Kier molecular flexibility index (Phi) is 4.65. The van der Waals surface area contributed by atoms with Gasteiger partial charge in [-0.15, -0.1) is 0 Å². The van der Waals surface area contributed by atoms with Crippen molar-refractivity contribution in [2.75, 3.05) is 7.11 Å². The Hall–Kier alpha value is -3.12. The van der Waals surface area contributed by atoms with Gasteiger partial charge in [0.2, 0.25) is 5.88 Å². The van der Waals surface area contributed by atoms with E-state index >= 15 is 0 Å². The van der Waals surface area contributed by atoms with E-state index in [1.165, 1.54) is 13.2 Å². The number of halogens is 2. The lowest BCUT2D eigenvalue weighted by Gasteiger charge is -2.12. The highest BCUT2D eigenvalue weighted by Gasteiger charge is 2.27. The van der Waals surface area contributed by atoms with Gasteiger partial charge in [0.25, 0.3) is 0 Å². The predicted octanol–water partition coefficient (Wildman–Crippen LogP) is 5.28. The van der Waals surface area contributed by atoms with Crippen LogP contribution >= 0.6 is 11.6 Å². The summed E-state index contributed by atoms with van der Waals surface area (Å²) in [7, 11) is 1.24. The van der Waals surface area contributed by atoms with Gasteiger partial charge < -0.3 is 14.5 Å². The van der Waals surface area contributed by atoms with E-state index in [1.807, 2.05) is 13.0 Å². The average Bonchev–Trinajstić information content (AvgIpc) is 2.88. The fourth-order valence-electron chi connectivity index (χ4n) is 3.43. The summed E-state index contributed by atoms with van der Waals surface area (Å²) in [5.74, 6) is -0.109. The Morgan fingerprint density at radius 3 is 2.71 bits per heavy atom. The smallest absolute Gasteiger partial charge is 0.437 e. The van der Waals surface area contributed by atoms with Crippen molar-refractivity contribution in [3.63, 3.8) is 0 Å². The van der Waals surface area contributed by atoms with Crippen LogP contribution in [0.2, 0.25) is 5.02 Å². The molecule has 1 aliphatic rings. The zero-order valence-corrected chi connectivity index (χ0v) is 15.9. The Morgan fingerprint density at radius 1 is 1.18 bits per heavy atom. The third-order valence-electron chi connectivity index (χ3n) is 4.63. The summed E-state index contributed by atoms with van der Waals surface area (Å²) in [6.07, 6.45) is -0.831. The monoisotopic (exact) mass is 398 g/mol. The molecule has 3 aromatic rings. The van der Waals surface area contributed by atoms with E-state index < -0.39 is 6.16 Å². The molecule has 28 heavy (non-hydrogen) atoms. The third kappa shape index (κ3) is 3.05. The molecule has 0 radical (unpaired) electrons. The molecule has 1 N–H and O–H groups in total. The second-order valence-electron chi connectivity index (χ2n) is 6.32. The quantitative estimate of drug-likeness (QED) is 0.597. The molecular formula is C21H16ClFN2O3. The second kappa shape index (κ2) is 7.13. The summed E-state index contributed by atoms with van der Waals surface area (Å²) in [4.78, 5) is 19.3. The number of carbonyl (C=O) groups excluding carboxylic acids is 1. The van der Waals surface area contributed by atoms with Crippen LogP contribution in [0.4, 0.5) is 9.18 Å². The number of hydrogen-bond acceptors (Lipinski definition) is 4. The van der Waals surface area contributed by atoms with E-state index in [-0.39, 0.29) is 18.2 Å².